The standard InChI is InChI=1S/C12H15F2N3O4/c1-15(2)5-6-16(7-10(18)19)12-9(17(20)21)4-3-8(13)11(12)14/h3-4H,5-7H2,1-2H3,(H,18,19). The van der Waals surface area contributed by atoms with Crippen molar-refractivity contribution >= 4 is 17.3 Å². The van der Waals surface area contributed by atoms with Gasteiger partial charge < -0.3 is 14.9 Å². The van der Waals surface area contributed by atoms with E-state index in [4.69, 9.17) is 5.11 Å². The Bertz CT molecular complexity index is 552. The number of benzene rings is 1. The number of halogens is 2. The molecule has 1 rings (SSSR count). The van der Waals surface area contributed by atoms with Gasteiger partial charge in [-0.25, -0.2) is 8.78 Å². The van der Waals surface area contributed by atoms with E-state index in [0.29, 0.717) is 12.6 Å². The molecule has 0 aliphatic heterocycles. The van der Waals surface area contributed by atoms with E-state index in [-0.39, 0.29) is 6.54 Å². The van der Waals surface area contributed by atoms with Gasteiger partial charge in [-0.3, -0.25) is 14.9 Å². The molecule has 1 aromatic carbocycles. The van der Waals surface area contributed by atoms with Crippen LogP contribution in [0.4, 0.5) is 20.2 Å². The van der Waals surface area contributed by atoms with Crippen LogP contribution in [-0.4, -0.2) is 54.6 Å². The first-order valence-electron chi connectivity index (χ1n) is 5.98. The van der Waals surface area contributed by atoms with Crippen molar-refractivity contribution in [3.8, 4) is 0 Å². The molecule has 0 spiro atoms. The molecule has 0 unspecified atom stereocenters. The van der Waals surface area contributed by atoms with Gasteiger partial charge in [-0.1, -0.05) is 0 Å². The summed E-state index contributed by atoms with van der Waals surface area (Å²) in [6, 6.07) is 1.46. The summed E-state index contributed by atoms with van der Waals surface area (Å²) in [5.74, 6) is -3.99. The number of anilines is 1. The number of rotatable bonds is 7. The molecule has 9 heteroatoms. The first kappa shape index (κ1) is 16.8. The second kappa shape index (κ2) is 6.93. The second-order valence-electron chi connectivity index (χ2n) is 4.60. The fourth-order valence-corrected chi connectivity index (χ4v) is 1.73. The summed E-state index contributed by atoms with van der Waals surface area (Å²) >= 11 is 0. The van der Waals surface area contributed by atoms with Crippen LogP contribution in [0.2, 0.25) is 0 Å². The number of hydrogen-bond acceptors (Lipinski definition) is 5. The number of nitro groups is 1. The number of carboxylic acid groups (broad SMARTS) is 1. The van der Waals surface area contributed by atoms with Crippen molar-refractivity contribution in [3.05, 3.63) is 33.9 Å². The molecule has 21 heavy (non-hydrogen) atoms. The van der Waals surface area contributed by atoms with Gasteiger partial charge in [0.15, 0.2) is 17.3 Å². The van der Waals surface area contributed by atoms with E-state index < -0.39 is 40.4 Å². The smallest absolute Gasteiger partial charge is 0.323 e. The number of nitrogens with zero attached hydrogens (tertiary/aromatic N) is 3. The minimum atomic E-state index is -1.43. The molecule has 0 bridgehead atoms. The average Bonchev–Trinajstić information content (AvgIpc) is 2.36. The molecule has 1 aromatic rings. The highest BCUT2D eigenvalue weighted by atomic mass is 19.2. The van der Waals surface area contributed by atoms with E-state index in [1.54, 1.807) is 19.0 Å². The van der Waals surface area contributed by atoms with Crippen molar-refractivity contribution in [3.63, 3.8) is 0 Å². The Morgan fingerprint density at radius 3 is 2.43 bits per heavy atom. The third-order valence-corrected chi connectivity index (χ3v) is 2.70. The molecular formula is C12H15F2N3O4. The molecule has 0 radical (unpaired) electrons. The molecule has 0 heterocycles. The summed E-state index contributed by atoms with van der Waals surface area (Å²) in [6.07, 6.45) is 0. The van der Waals surface area contributed by atoms with Gasteiger partial charge in [-0.2, -0.15) is 0 Å². The van der Waals surface area contributed by atoms with Crippen LogP contribution in [0.15, 0.2) is 12.1 Å². The molecule has 0 atom stereocenters. The normalized spacial score (nSPS) is 10.7. The van der Waals surface area contributed by atoms with Crippen molar-refractivity contribution in [2.24, 2.45) is 0 Å². The fraction of sp³-hybridized carbons (Fsp3) is 0.417. The SMILES string of the molecule is CN(C)CCN(CC(=O)O)c1c([N+](=O)[O-])ccc(F)c1F. The molecule has 0 saturated carbocycles. The van der Waals surface area contributed by atoms with Crippen LogP contribution in [0.5, 0.6) is 0 Å². The van der Waals surface area contributed by atoms with E-state index >= 15 is 0 Å². The Morgan fingerprint density at radius 2 is 1.95 bits per heavy atom. The lowest BCUT2D eigenvalue weighted by Crippen LogP contribution is -2.36. The van der Waals surface area contributed by atoms with E-state index in [2.05, 4.69) is 0 Å². The van der Waals surface area contributed by atoms with Gasteiger partial charge >= 0.3 is 5.97 Å². The van der Waals surface area contributed by atoms with Crippen LogP contribution in [0.1, 0.15) is 0 Å². The molecule has 116 valence electrons. The summed E-state index contributed by atoms with van der Waals surface area (Å²) < 4.78 is 27.3. The summed E-state index contributed by atoms with van der Waals surface area (Å²) in [4.78, 5) is 23.6. The quantitative estimate of drug-likeness (QED) is 0.604. The number of likely N-dealkylation sites (N-methyl/N-ethyl adjacent to an activating group) is 1. The number of hydrogen-bond donors (Lipinski definition) is 1. The minimum Gasteiger partial charge on any atom is -0.480 e. The highest BCUT2D eigenvalue weighted by molar-refractivity contribution is 5.76. The van der Waals surface area contributed by atoms with Gasteiger partial charge in [-0.15, -0.1) is 0 Å². The molecule has 1 N–H and O–H groups in total. The molecular weight excluding hydrogens is 288 g/mol. The highest BCUT2D eigenvalue weighted by Crippen LogP contribution is 2.32. The number of carbonyl (C=O) groups is 1. The summed E-state index contributed by atoms with van der Waals surface area (Å²) in [5.41, 5.74) is -1.32. The Kier molecular flexibility index (Phi) is 5.53. The zero-order chi connectivity index (χ0) is 16.2. The molecule has 0 fully saturated rings. The predicted octanol–water partition coefficient (Wildman–Crippen LogP) is 1.33. The number of carboxylic acids is 1. The van der Waals surface area contributed by atoms with Crippen LogP contribution >= 0.6 is 0 Å². The number of nitro benzene ring substituents is 1. The first-order chi connectivity index (χ1) is 9.73. The topological polar surface area (TPSA) is 86.9 Å². The third-order valence-electron chi connectivity index (χ3n) is 2.70. The van der Waals surface area contributed by atoms with Gasteiger partial charge in [0.1, 0.15) is 6.54 Å². The highest BCUT2D eigenvalue weighted by Gasteiger charge is 2.27. The van der Waals surface area contributed by atoms with E-state index in [9.17, 15) is 23.7 Å². The van der Waals surface area contributed by atoms with Crippen LogP contribution in [0.25, 0.3) is 0 Å². The predicted molar refractivity (Wildman–Crippen MR) is 71.4 cm³/mol. The fourth-order valence-electron chi connectivity index (χ4n) is 1.73. The molecule has 0 aromatic heterocycles. The van der Waals surface area contributed by atoms with E-state index in [1.807, 2.05) is 0 Å². The molecule has 0 amide bonds. The van der Waals surface area contributed by atoms with Crippen molar-refractivity contribution in [2.75, 3.05) is 38.6 Å². The zero-order valence-corrected chi connectivity index (χ0v) is 11.5. The Hall–Kier alpha value is -2.29. The van der Waals surface area contributed by atoms with Gasteiger partial charge in [0.2, 0.25) is 0 Å². The van der Waals surface area contributed by atoms with Crippen LogP contribution < -0.4 is 4.90 Å². The Balaban J connectivity index is 3.30. The number of aliphatic carboxylic acids is 1. The van der Waals surface area contributed by atoms with Crippen LogP contribution in [-0.2, 0) is 4.79 Å². The minimum absolute atomic E-state index is 0.000509. The maximum atomic E-state index is 13.9. The van der Waals surface area contributed by atoms with Gasteiger partial charge in [0.05, 0.1) is 4.92 Å². The maximum absolute atomic E-state index is 13.9. The maximum Gasteiger partial charge on any atom is 0.323 e. The van der Waals surface area contributed by atoms with E-state index in [0.717, 1.165) is 11.0 Å². The zero-order valence-electron chi connectivity index (χ0n) is 11.5. The summed E-state index contributed by atoms with van der Waals surface area (Å²) in [5, 5.41) is 19.8. The van der Waals surface area contributed by atoms with E-state index in [1.165, 1.54) is 0 Å². The second-order valence-corrected chi connectivity index (χ2v) is 4.60. The van der Waals surface area contributed by atoms with Crippen molar-refractivity contribution in [2.45, 2.75) is 0 Å². The Morgan fingerprint density at radius 1 is 1.33 bits per heavy atom. The van der Waals surface area contributed by atoms with Crippen LogP contribution in [0.3, 0.4) is 0 Å². The summed E-state index contributed by atoms with van der Waals surface area (Å²) in [6.45, 7) is -0.351. The lowest BCUT2D eigenvalue weighted by Gasteiger charge is -2.24. The van der Waals surface area contributed by atoms with Crippen molar-refractivity contribution < 1.29 is 23.6 Å². The van der Waals surface area contributed by atoms with Gasteiger partial charge in [0, 0.05) is 19.2 Å². The Labute approximate surface area is 119 Å². The lowest BCUT2D eigenvalue weighted by molar-refractivity contribution is -0.384. The van der Waals surface area contributed by atoms with Crippen molar-refractivity contribution in [1.82, 2.24) is 4.90 Å². The van der Waals surface area contributed by atoms with Crippen molar-refractivity contribution in [1.29, 1.82) is 0 Å². The first-order valence-corrected chi connectivity index (χ1v) is 5.98. The molecule has 0 aliphatic carbocycles. The van der Waals surface area contributed by atoms with Crippen LogP contribution in [0, 0.1) is 21.7 Å². The summed E-state index contributed by atoms with van der Waals surface area (Å²) in [7, 11) is 3.41. The average molecular weight is 303 g/mol. The monoisotopic (exact) mass is 303 g/mol. The van der Waals surface area contributed by atoms with Gasteiger partial charge in [0.25, 0.3) is 5.69 Å². The molecule has 0 aliphatic rings. The van der Waals surface area contributed by atoms with Gasteiger partial charge in [-0.05, 0) is 20.2 Å². The molecule has 0 saturated heterocycles. The largest absolute Gasteiger partial charge is 0.480 e. The molecule has 7 nitrogen and oxygen atoms in total. The lowest BCUT2D eigenvalue weighted by atomic mass is 10.2. The third kappa shape index (κ3) is 4.35.